The second-order valence-corrected chi connectivity index (χ2v) is 5.54. The van der Waals surface area contributed by atoms with Crippen molar-refractivity contribution in [3.05, 3.63) is 35.9 Å². The highest BCUT2D eigenvalue weighted by Crippen LogP contribution is 2.15. The Balaban J connectivity index is 0.00000220. The van der Waals surface area contributed by atoms with E-state index < -0.39 is 6.10 Å². The number of hydrogen-bond acceptors (Lipinski definition) is 3. The molecule has 1 fully saturated rings. The van der Waals surface area contributed by atoms with Gasteiger partial charge in [0.25, 0.3) is 0 Å². The molecule has 0 aromatic heterocycles. The maximum Gasteiger partial charge on any atom is 0.217 e. The minimum absolute atomic E-state index is 0. The highest BCUT2D eigenvalue weighted by molar-refractivity contribution is 5.85. The molecule has 0 radical (unpaired) electrons. The fourth-order valence-corrected chi connectivity index (χ4v) is 2.84. The molecule has 1 heterocycles. The summed E-state index contributed by atoms with van der Waals surface area (Å²) in [6.45, 7) is 2.44. The van der Waals surface area contributed by atoms with Gasteiger partial charge in [0.15, 0.2) is 0 Å². The lowest BCUT2D eigenvalue weighted by molar-refractivity contribution is -0.120. The topological polar surface area (TPSA) is 61.4 Å². The first kappa shape index (κ1) is 18.0. The van der Waals surface area contributed by atoms with Crippen LogP contribution in [0.2, 0.25) is 0 Å². The van der Waals surface area contributed by atoms with E-state index in [1.807, 2.05) is 30.3 Å². The Bertz CT molecular complexity index is 422. The summed E-state index contributed by atoms with van der Waals surface area (Å²) in [5, 5.41) is 16.8. The van der Waals surface area contributed by atoms with Gasteiger partial charge in [-0.1, -0.05) is 36.8 Å². The van der Waals surface area contributed by atoms with E-state index in [0.29, 0.717) is 6.42 Å². The summed E-state index contributed by atoms with van der Waals surface area (Å²) < 4.78 is 0. The standard InChI is InChI=1S/C16H24N2O2.ClH/c1-12(19)18-15(11-13-7-3-2-4-8-13)16(20)14-9-5-6-10-17-14;/h2-4,7-8,14-17,20H,5-6,9-11H2,1H3,(H,18,19);1H/t14-,15+,16-;/m1./s1. The van der Waals surface area contributed by atoms with Crippen LogP contribution in [0.1, 0.15) is 31.7 Å². The van der Waals surface area contributed by atoms with E-state index in [1.54, 1.807) is 0 Å². The van der Waals surface area contributed by atoms with Crippen LogP contribution in [0.4, 0.5) is 0 Å². The first-order chi connectivity index (χ1) is 9.66. The number of halogens is 1. The summed E-state index contributed by atoms with van der Waals surface area (Å²) in [6.07, 6.45) is 3.35. The van der Waals surface area contributed by atoms with Crippen LogP contribution in [0.25, 0.3) is 0 Å². The highest BCUT2D eigenvalue weighted by atomic mass is 35.5. The van der Waals surface area contributed by atoms with Crippen molar-refractivity contribution in [1.82, 2.24) is 10.6 Å². The fraction of sp³-hybridized carbons (Fsp3) is 0.562. The third kappa shape index (κ3) is 5.65. The van der Waals surface area contributed by atoms with Crippen molar-refractivity contribution in [3.63, 3.8) is 0 Å². The van der Waals surface area contributed by atoms with Gasteiger partial charge in [-0.3, -0.25) is 4.79 Å². The van der Waals surface area contributed by atoms with E-state index in [1.165, 1.54) is 6.92 Å². The monoisotopic (exact) mass is 312 g/mol. The molecule has 1 aromatic carbocycles. The number of rotatable bonds is 5. The Morgan fingerprint density at radius 2 is 2.10 bits per heavy atom. The largest absolute Gasteiger partial charge is 0.389 e. The molecule has 0 bridgehead atoms. The zero-order chi connectivity index (χ0) is 14.4. The van der Waals surface area contributed by atoms with Gasteiger partial charge in [0, 0.05) is 13.0 Å². The molecule has 2 rings (SSSR count). The average molecular weight is 313 g/mol. The normalized spacial score (nSPS) is 21.0. The summed E-state index contributed by atoms with van der Waals surface area (Å²) >= 11 is 0. The van der Waals surface area contributed by atoms with Crippen molar-refractivity contribution in [2.75, 3.05) is 6.54 Å². The van der Waals surface area contributed by atoms with Crippen molar-refractivity contribution in [1.29, 1.82) is 0 Å². The second-order valence-electron chi connectivity index (χ2n) is 5.54. The third-order valence-corrected chi connectivity index (χ3v) is 3.86. The molecule has 3 N–H and O–H groups in total. The molecule has 4 nitrogen and oxygen atoms in total. The van der Waals surface area contributed by atoms with Crippen molar-refractivity contribution >= 4 is 18.3 Å². The summed E-state index contributed by atoms with van der Waals surface area (Å²) in [5.41, 5.74) is 1.13. The van der Waals surface area contributed by atoms with Crippen LogP contribution in [-0.2, 0) is 11.2 Å². The van der Waals surface area contributed by atoms with Crippen LogP contribution in [0.15, 0.2) is 30.3 Å². The van der Waals surface area contributed by atoms with E-state index in [9.17, 15) is 9.90 Å². The third-order valence-electron chi connectivity index (χ3n) is 3.86. The molecular formula is C16H25ClN2O2. The molecule has 0 saturated carbocycles. The first-order valence-electron chi connectivity index (χ1n) is 7.39. The van der Waals surface area contributed by atoms with Crippen LogP contribution in [-0.4, -0.2) is 35.7 Å². The summed E-state index contributed by atoms with van der Waals surface area (Å²) in [7, 11) is 0. The minimum Gasteiger partial charge on any atom is -0.389 e. The van der Waals surface area contributed by atoms with E-state index in [0.717, 1.165) is 31.4 Å². The number of nitrogens with one attached hydrogen (secondary N) is 2. The molecule has 1 saturated heterocycles. The predicted octanol–water partition coefficient (Wildman–Crippen LogP) is 1.66. The lowest BCUT2D eigenvalue weighted by Gasteiger charge is -2.33. The van der Waals surface area contributed by atoms with Crippen LogP contribution in [0.3, 0.4) is 0 Å². The number of aliphatic hydroxyl groups excluding tert-OH is 1. The molecule has 0 aliphatic carbocycles. The van der Waals surface area contributed by atoms with Gasteiger partial charge in [-0.05, 0) is 31.4 Å². The summed E-state index contributed by atoms with van der Waals surface area (Å²) in [5.74, 6) is -0.0965. The lowest BCUT2D eigenvalue weighted by atomic mass is 9.91. The van der Waals surface area contributed by atoms with E-state index >= 15 is 0 Å². The van der Waals surface area contributed by atoms with Gasteiger partial charge in [-0.25, -0.2) is 0 Å². The molecule has 3 atom stereocenters. The number of piperidine rings is 1. The maximum absolute atomic E-state index is 11.4. The van der Waals surface area contributed by atoms with Gasteiger partial charge in [0.2, 0.25) is 5.91 Å². The second kappa shape index (κ2) is 9.03. The van der Waals surface area contributed by atoms with Gasteiger partial charge in [0.05, 0.1) is 12.1 Å². The number of amides is 1. The molecule has 1 aliphatic heterocycles. The maximum atomic E-state index is 11.4. The summed E-state index contributed by atoms with van der Waals surface area (Å²) in [4.78, 5) is 11.4. The van der Waals surface area contributed by atoms with Crippen molar-refractivity contribution < 1.29 is 9.90 Å². The highest BCUT2D eigenvalue weighted by Gasteiger charge is 2.29. The quantitative estimate of drug-likeness (QED) is 0.775. The Labute approximate surface area is 132 Å². The first-order valence-corrected chi connectivity index (χ1v) is 7.39. The van der Waals surface area contributed by atoms with Gasteiger partial charge < -0.3 is 15.7 Å². The average Bonchev–Trinajstić information content (AvgIpc) is 2.47. The van der Waals surface area contributed by atoms with Crippen LogP contribution in [0, 0.1) is 0 Å². The number of carbonyl (C=O) groups excluding carboxylic acids is 1. The van der Waals surface area contributed by atoms with Crippen LogP contribution >= 0.6 is 12.4 Å². The Morgan fingerprint density at radius 1 is 1.38 bits per heavy atom. The van der Waals surface area contributed by atoms with Crippen molar-refractivity contribution in [2.45, 2.75) is 50.8 Å². The van der Waals surface area contributed by atoms with Gasteiger partial charge in [-0.2, -0.15) is 0 Å². The fourth-order valence-electron chi connectivity index (χ4n) is 2.84. The zero-order valence-corrected chi connectivity index (χ0v) is 13.2. The molecule has 1 amide bonds. The van der Waals surface area contributed by atoms with Gasteiger partial charge in [-0.15, -0.1) is 12.4 Å². The van der Waals surface area contributed by atoms with E-state index in [2.05, 4.69) is 10.6 Å². The number of benzene rings is 1. The van der Waals surface area contributed by atoms with Crippen LogP contribution < -0.4 is 10.6 Å². The molecule has 118 valence electrons. The van der Waals surface area contributed by atoms with E-state index in [4.69, 9.17) is 0 Å². The lowest BCUT2D eigenvalue weighted by Crippen LogP contribution is -2.54. The number of hydrogen-bond donors (Lipinski definition) is 3. The summed E-state index contributed by atoms with van der Waals surface area (Å²) in [6, 6.07) is 9.80. The molecular weight excluding hydrogens is 288 g/mol. The Kier molecular flexibility index (Phi) is 7.72. The van der Waals surface area contributed by atoms with Gasteiger partial charge in [0.1, 0.15) is 0 Å². The molecule has 1 aliphatic rings. The van der Waals surface area contributed by atoms with E-state index in [-0.39, 0.29) is 30.4 Å². The molecule has 21 heavy (non-hydrogen) atoms. The molecule has 5 heteroatoms. The Morgan fingerprint density at radius 3 is 2.67 bits per heavy atom. The van der Waals surface area contributed by atoms with Crippen LogP contribution in [0.5, 0.6) is 0 Å². The Hall–Kier alpha value is -1.10. The molecule has 0 unspecified atom stereocenters. The van der Waals surface area contributed by atoms with Crippen molar-refractivity contribution in [3.8, 4) is 0 Å². The zero-order valence-electron chi connectivity index (χ0n) is 12.4. The number of aliphatic hydroxyl groups is 1. The predicted molar refractivity (Wildman–Crippen MR) is 86.6 cm³/mol. The molecule has 0 spiro atoms. The minimum atomic E-state index is -0.556. The number of carbonyl (C=O) groups is 1. The smallest absolute Gasteiger partial charge is 0.217 e. The van der Waals surface area contributed by atoms with Crippen molar-refractivity contribution in [2.24, 2.45) is 0 Å². The SMILES string of the molecule is CC(=O)N[C@@H](Cc1ccccc1)[C@H](O)[C@H]1CCCCN1.Cl. The molecule has 1 aromatic rings. The van der Waals surface area contributed by atoms with Gasteiger partial charge >= 0.3 is 0 Å².